The Morgan fingerprint density at radius 3 is 2.64 bits per heavy atom. The highest BCUT2D eigenvalue weighted by Crippen LogP contribution is 2.31. The fraction of sp³-hybridized carbons (Fsp3) is 0.222. The lowest BCUT2D eigenvalue weighted by Gasteiger charge is -2.13. The van der Waals surface area contributed by atoms with E-state index in [0.29, 0.717) is 25.1 Å². The molecule has 5 nitrogen and oxygen atoms in total. The fourth-order valence-electron chi connectivity index (χ4n) is 2.32. The summed E-state index contributed by atoms with van der Waals surface area (Å²) in [6.07, 6.45) is 0. The van der Waals surface area contributed by atoms with Gasteiger partial charge in [-0.05, 0) is 58.7 Å². The molecule has 0 aliphatic carbocycles. The van der Waals surface area contributed by atoms with Crippen LogP contribution in [0.15, 0.2) is 51.4 Å². The van der Waals surface area contributed by atoms with Gasteiger partial charge >= 0.3 is 6.01 Å². The molecule has 1 heterocycles. The normalized spacial score (nSPS) is 10.7. The van der Waals surface area contributed by atoms with Crippen LogP contribution in [0.1, 0.15) is 12.5 Å². The first-order chi connectivity index (χ1) is 12.1. The molecule has 0 saturated heterocycles. The van der Waals surface area contributed by atoms with E-state index in [1.165, 1.54) is 12.1 Å². The molecule has 0 aliphatic rings. The van der Waals surface area contributed by atoms with Gasteiger partial charge in [-0.25, -0.2) is 4.39 Å². The van der Waals surface area contributed by atoms with E-state index < -0.39 is 0 Å². The molecule has 3 rings (SSSR count). The predicted molar refractivity (Wildman–Crippen MR) is 97.1 cm³/mol. The van der Waals surface area contributed by atoms with E-state index in [-0.39, 0.29) is 5.82 Å². The molecule has 25 heavy (non-hydrogen) atoms. The van der Waals surface area contributed by atoms with Crippen LogP contribution in [0.4, 0.5) is 10.4 Å². The summed E-state index contributed by atoms with van der Waals surface area (Å²) < 4.78 is 25.2. The number of halogens is 2. The van der Waals surface area contributed by atoms with Crippen molar-refractivity contribution >= 4 is 21.9 Å². The van der Waals surface area contributed by atoms with Gasteiger partial charge in [-0.3, -0.25) is 0 Å². The minimum atomic E-state index is -0.258. The molecule has 0 radical (unpaired) electrons. The summed E-state index contributed by atoms with van der Waals surface area (Å²) in [4.78, 5) is 1.81. The molecule has 7 heteroatoms. The first kappa shape index (κ1) is 17.4. The van der Waals surface area contributed by atoms with E-state index >= 15 is 0 Å². The minimum absolute atomic E-state index is 0.258. The van der Waals surface area contributed by atoms with Gasteiger partial charge in [-0.1, -0.05) is 17.2 Å². The Kier molecular flexibility index (Phi) is 5.33. The molecule has 3 aromatic rings. The van der Waals surface area contributed by atoms with Gasteiger partial charge in [0.15, 0.2) is 0 Å². The third-order valence-corrected chi connectivity index (χ3v) is 4.21. The fourth-order valence-corrected chi connectivity index (χ4v) is 2.68. The molecule has 0 bridgehead atoms. The average Bonchev–Trinajstić information content (AvgIpc) is 3.09. The highest BCUT2D eigenvalue weighted by Gasteiger charge is 2.14. The number of nitrogens with zero attached hydrogens (tertiary/aromatic N) is 3. The zero-order valence-corrected chi connectivity index (χ0v) is 15.5. The van der Waals surface area contributed by atoms with Crippen LogP contribution in [0.3, 0.4) is 0 Å². The Labute approximate surface area is 153 Å². The highest BCUT2D eigenvalue weighted by atomic mass is 79.9. The van der Waals surface area contributed by atoms with Crippen molar-refractivity contribution in [3.05, 3.63) is 58.3 Å². The van der Waals surface area contributed by atoms with Gasteiger partial charge in [-0.15, -0.1) is 5.10 Å². The molecule has 0 N–H and O–H groups in total. The summed E-state index contributed by atoms with van der Waals surface area (Å²) in [5, 5.41) is 8.19. The molecule has 0 unspecified atom stereocenters. The Hall–Kier alpha value is -2.41. The van der Waals surface area contributed by atoms with E-state index in [0.717, 1.165) is 21.3 Å². The number of anilines is 1. The van der Waals surface area contributed by atoms with E-state index in [9.17, 15) is 4.39 Å². The van der Waals surface area contributed by atoms with E-state index in [1.54, 1.807) is 12.1 Å². The number of ether oxygens (including phenoxy) is 1. The van der Waals surface area contributed by atoms with Crippen molar-refractivity contribution in [1.29, 1.82) is 0 Å². The van der Waals surface area contributed by atoms with Crippen LogP contribution in [0.5, 0.6) is 5.75 Å². The van der Waals surface area contributed by atoms with Gasteiger partial charge in [0.25, 0.3) is 0 Å². The minimum Gasteiger partial charge on any atom is -0.493 e. The van der Waals surface area contributed by atoms with Crippen molar-refractivity contribution < 1.29 is 13.5 Å². The summed E-state index contributed by atoms with van der Waals surface area (Å²) in [6.45, 7) is 3.03. The second kappa shape index (κ2) is 7.65. The largest absolute Gasteiger partial charge is 0.493 e. The lowest BCUT2D eigenvalue weighted by molar-refractivity contribution is 0.338. The molecular weight excluding hydrogens is 389 g/mol. The second-order valence-electron chi connectivity index (χ2n) is 5.45. The third-order valence-electron chi connectivity index (χ3n) is 3.55. The van der Waals surface area contributed by atoms with Crippen molar-refractivity contribution in [1.82, 2.24) is 10.2 Å². The van der Waals surface area contributed by atoms with Crippen LogP contribution in [0.25, 0.3) is 11.5 Å². The highest BCUT2D eigenvalue weighted by molar-refractivity contribution is 9.10. The Bertz CT molecular complexity index is 852. The standard InChI is InChI=1S/C18H17BrFN3O2/c1-3-24-16-10-13(6-9-15(16)19)17-21-22-18(25-17)23(2)11-12-4-7-14(20)8-5-12/h4-10H,3,11H2,1-2H3. The van der Waals surface area contributed by atoms with E-state index in [1.807, 2.05) is 37.1 Å². The van der Waals surface area contributed by atoms with Gasteiger partial charge in [0, 0.05) is 19.2 Å². The third kappa shape index (κ3) is 4.17. The quantitative estimate of drug-likeness (QED) is 0.596. The lowest BCUT2D eigenvalue weighted by Crippen LogP contribution is -2.16. The molecular formula is C18H17BrFN3O2. The number of hydrogen-bond acceptors (Lipinski definition) is 5. The van der Waals surface area contributed by atoms with Crippen LogP contribution in [0.2, 0.25) is 0 Å². The van der Waals surface area contributed by atoms with Crippen LogP contribution in [0, 0.1) is 5.82 Å². The number of aromatic nitrogens is 2. The molecule has 2 aromatic carbocycles. The lowest BCUT2D eigenvalue weighted by atomic mass is 10.2. The summed E-state index contributed by atoms with van der Waals surface area (Å²) in [5.41, 5.74) is 1.73. The average molecular weight is 406 g/mol. The van der Waals surface area contributed by atoms with Crippen molar-refractivity contribution in [2.24, 2.45) is 0 Å². The van der Waals surface area contributed by atoms with Crippen molar-refractivity contribution in [3.8, 4) is 17.2 Å². The smallest absolute Gasteiger partial charge is 0.318 e. The second-order valence-corrected chi connectivity index (χ2v) is 6.30. The number of benzene rings is 2. The monoisotopic (exact) mass is 405 g/mol. The van der Waals surface area contributed by atoms with Crippen LogP contribution >= 0.6 is 15.9 Å². The van der Waals surface area contributed by atoms with Crippen molar-refractivity contribution in [2.75, 3.05) is 18.6 Å². The molecule has 130 valence electrons. The van der Waals surface area contributed by atoms with Gasteiger partial charge in [0.2, 0.25) is 5.89 Å². The summed E-state index contributed by atoms with van der Waals surface area (Å²) in [7, 11) is 1.84. The first-order valence-electron chi connectivity index (χ1n) is 7.78. The molecule has 0 spiro atoms. The van der Waals surface area contributed by atoms with E-state index in [4.69, 9.17) is 9.15 Å². The Morgan fingerprint density at radius 1 is 1.16 bits per heavy atom. The van der Waals surface area contributed by atoms with Gasteiger partial charge in [0.05, 0.1) is 11.1 Å². The van der Waals surface area contributed by atoms with Crippen molar-refractivity contribution in [3.63, 3.8) is 0 Å². The predicted octanol–water partition coefficient (Wildman–Crippen LogP) is 4.67. The summed E-state index contributed by atoms with van der Waals surface area (Å²) in [6, 6.07) is 12.3. The molecule has 0 aliphatic heterocycles. The molecule has 0 atom stereocenters. The zero-order chi connectivity index (χ0) is 17.8. The Morgan fingerprint density at radius 2 is 1.92 bits per heavy atom. The van der Waals surface area contributed by atoms with Gasteiger partial charge < -0.3 is 14.1 Å². The maximum Gasteiger partial charge on any atom is 0.318 e. The molecule has 0 saturated carbocycles. The van der Waals surface area contributed by atoms with Crippen LogP contribution < -0.4 is 9.64 Å². The molecule has 1 aromatic heterocycles. The number of rotatable bonds is 6. The van der Waals surface area contributed by atoms with Crippen LogP contribution in [-0.4, -0.2) is 23.9 Å². The first-order valence-corrected chi connectivity index (χ1v) is 8.58. The Balaban J connectivity index is 1.77. The molecule has 0 amide bonds. The summed E-state index contributed by atoms with van der Waals surface area (Å²) >= 11 is 3.45. The number of hydrogen-bond donors (Lipinski definition) is 0. The maximum atomic E-state index is 13.0. The zero-order valence-electron chi connectivity index (χ0n) is 13.9. The van der Waals surface area contributed by atoms with E-state index in [2.05, 4.69) is 26.1 Å². The maximum absolute atomic E-state index is 13.0. The topological polar surface area (TPSA) is 51.4 Å². The SMILES string of the molecule is CCOc1cc(-c2nnc(N(C)Cc3ccc(F)cc3)o2)ccc1Br. The van der Waals surface area contributed by atoms with Crippen LogP contribution in [-0.2, 0) is 6.54 Å². The summed E-state index contributed by atoms with van der Waals surface area (Å²) in [5.74, 6) is 0.876. The van der Waals surface area contributed by atoms with Crippen molar-refractivity contribution in [2.45, 2.75) is 13.5 Å². The van der Waals surface area contributed by atoms with Gasteiger partial charge in [-0.2, -0.15) is 0 Å². The molecule has 0 fully saturated rings. The van der Waals surface area contributed by atoms with Gasteiger partial charge in [0.1, 0.15) is 11.6 Å².